The van der Waals surface area contributed by atoms with Crippen molar-refractivity contribution >= 4 is 15.5 Å². The second-order valence-electron chi connectivity index (χ2n) is 11.0. The zero-order valence-corrected chi connectivity index (χ0v) is 22.5. The number of pyridine rings is 1. The van der Waals surface area contributed by atoms with Crippen LogP contribution in [-0.4, -0.2) is 40.5 Å². The Hall–Kier alpha value is -3.78. The average Bonchev–Trinajstić information content (AvgIpc) is 3.39. The summed E-state index contributed by atoms with van der Waals surface area (Å²) in [7, 11) is -3.36. The third-order valence-electron chi connectivity index (χ3n) is 8.46. The molecule has 4 atom stereocenters. The molecule has 8 nitrogen and oxygen atoms in total. The first-order valence-corrected chi connectivity index (χ1v) is 14.7. The van der Waals surface area contributed by atoms with Crippen molar-refractivity contribution in [3.63, 3.8) is 0 Å². The Balaban J connectivity index is 1.49. The van der Waals surface area contributed by atoms with E-state index < -0.39 is 32.9 Å². The summed E-state index contributed by atoms with van der Waals surface area (Å²) in [6, 6.07) is 8.68. The van der Waals surface area contributed by atoms with E-state index in [1.807, 2.05) is 12.1 Å². The fraction of sp³-hybridized carbons (Fsp3) is 0.393. The van der Waals surface area contributed by atoms with Gasteiger partial charge in [0.15, 0.2) is 15.7 Å². The SMILES string of the molecule is CC1(C)[C@H]2CC[C@]1(c1cccc(-c3ncnn3CS(C)(=O)=O)n1)C1C#CC2/C=C(/c2c(F)cccc2F)N=N1. The number of allylic oxidation sites excluding steroid dienone is 1. The van der Waals surface area contributed by atoms with Gasteiger partial charge in [0.05, 0.1) is 22.4 Å². The third-order valence-corrected chi connectivity index (χ3v) is 9.17. The molecule has 0 saturated heterocycles. The first kappa shape index (κ1) is 25.5. The van der Waals surface area contributed by atoms with Crippen molar-refractivity contribution in [2.45, 2.75) is 44.0 Å². The molecule has 0 radical (unpaired) electrons. The smallest absolute Gasteiger partial charge is 0.177 e. The van der Waals surface area contributed by atoms with Crippen molar-refractivity contribution in [2.24, 2.45) is 27.5 Å². The maximum atomic E-state index is 14.7. The van der Waals surface area contributed by atoms with Crippen LogP contribution in [-0.2, 0) is 21.1 Å². The van der Waals surface area contributed by atoms with Crippen molar-refractivity contribution in [1.29, 1.82) is 0 Å². The zero-order valence-electron chi connectivity index (χ0n) is 21.6. The van der Waals surface area contributed by atoms with E-state index in [0.717, 1.165) is 24.8 Å². The van der Waals surface area contributed by atoms with Gasteiger partial charge >= 0.3 is 0 Å². The summed E-state index contributed by atoms with van der Waals surface area (Å²) in [4.78, 5) is 9.28. The molecule has 1 fully saturated rings. The molecule has 6 rings (SSSR count). The van der Waals surface area contributed by atoms with E-state index in [1.54, 1.807) is 12.1 Å². The zero-order chi connectivity index (χ0) is 27.6. The molecule has 2 aliphatic carbocycles. The third kappa shape index (κ3) is 4.00. The van der Waals surface area contributed by atoms with E-state index in [9.17, 15) is 17.2 Å². The Kier molecular flexibility index (Phi) is 5.80. The summed E-state index contributed by atoms with van der Waals surface area (Å²) < 4.78 is 54.7. The van der Waals surface area contributed by atoms with E-state index in [1.165, 1.54) is 29.2 Å². The quantitative estimate of drug-likeness (QED) is 0.426. The normalized spacial score (nSPS) is 28.1. The lowest BCUT2D eigenvalue weighted by Gasteiger charge is -2.45. The lowest BCUT2D eigenvalue weighted by molar-refractivity contribution is 0.122. The number of hydrogen-bond acceptors (Lipinski definition) is 7. The summed E-state index contributed by atoms with van der Waals surface area (Å²) in [5.74, 6) is 5.05. The van der Waals surface area contributed by atoms with Gasteiger partial charge in [-0.1, -0.05) is 37.8 Å². The number of benzene rings is 1. The molecule has 4 bridgehead atoms. The van der Waals surface area contributed by atoms with Crippen LogP contribution >= 0.6 is 0 Å². The van der Waals surface area contributed by atoms with Crippen LogP contribution in [0.15, 0.2) is 59.0 Å². The molecule has 1 aliphatic heterocycles. The molecule has 200 valence electrons. The van der Waals surface area contributed by atoms with Crippen LogP contribution in [0, 0.1) is 40.7 Å². The van der Waals surface area contributed by atoms with Gasteiger partial charge in [-0.25, -0.2) is 31.8 Å². The number of azo groups is 1. The summed E-state index contributed by atoms with van der Waals surface area (Å²) >= 11 is 0. The number of hydrogen-bond donors (Lipinski definition) is 0. The van der Waals surface area contributed by atoms with Crippen molar-refractivity contribution in [3.05, 3.63) is 71.7 Å². The molecule has 3 aliphatic rings. The molecule has 0 spiro atoms. The topological polar surface area (TPSA) is 102 Å². The molecule has 39 heavy (non-hydrogen) atoms. The minimum absolute atomic E-state index is 0.0580. The summed E-state index contributed by atoms with van der Waals surface area (Å²) in [5, 5.41) is 13.1. The van der Waals surface area contributed by atoms with Crippen LogP contribution in [0.3, 0.4) is 0 Å². The first-order valence-electron chi connectivity index (χ1n) is 12.6. The van der Waals surface area contributed by atoms with E-state index in [0.29, 0.717) is 11.5 Å². The highest BCUT2D eigenvalue weighted by Gasteiger charge is 2.62. The van der Waals surface area contributed by atoms with Crippen LogP contribution in [0.5, 0.6) is 0 Å². The van der Waals surface area contributed by atoms with Crippen LogP contribution in [0.25, 0.3) is 17.2 Å². The fourth-order valence-electron chi connectivity index (χ4n) is 6.58. The van der Waals surface area contributed by atoms with Crippen molar-refractivity contribution in [3.8, 4) is 23.4 Å². The lowest BCUT2D eigenvalue weighted by Crippen LogP contribution is -2.48. The van der Waals surface area contributed by atoms with Gasteiger partial charge in [0.25, 0.3) is 0 Å². The number of fused-ring (bicyclic) bond motifs is 6. The van der Waals surface area contributed by atoms with Crippen molar-refractivity contribution in [1.82, 2.24) is 19.7 Å². The molecule has 2 unspecified atom stereocenters. The monoisotopic (exact) mass is 548 g/mol. The highest BCUT2D eigenvalue weighted by molar-refractivity contribution is 7.89. The van der Waals surface area contributed by atoms with Crippen molar-refractivity contribution in [2.75, 3.05) is 6.26 Å². The average molecular weight is 549 g/mol. The van der Waals surface area contributed by atoms with Gasteiger partial charge in [0.2, 0.25) is 0 Å². The van der Waals surface area contributed by atoms with Gasteiger partial charge in [-0.2, -0.15) is 15.3 Å². The maximum absolute atomic E-state index is 14.7. The van der Waals surface area contributed by atoms with E-state index >= 15 is 0 Å². The number of rotatable bonds is 5. The summed E-state index contributed by atoms with van der Waals surface area (Å²) in [6.07, 6.45) is 5.75. The predicted molar refractivity (Wildman–Crippen MR) is 141 cm³/mol. The molecular formula is C28H26F2N6O2S. The standard InChI is InChI=1S/C28H26F2N6O2S/c1-27(2)18-12-13-28(27,23-9-5-8-21(33-23)26-31-15-32-36(26)16-39(3,37)38)24-11-10-17(18)14-22(34-35-24)25-19(29)6-4-7-20(25)30/h4-9,14-15,17-18,24H,12-13,16H2,1-3H3/b22-14-,35-34?/t17?,18-,24?,28-/m0/s1. The molecule has 2 aromatic heterocycles. The van der Waals surface area contributed by atoms with Crippen LogP contribution in [0.1, 0.15) is 37.9 Å². The van der Waals surface area contributed by atoms with Gasteiger partial charge in [0, 0.05) is 12.2 Å². The van der Waals surface area contributed by atoms with Gasteiger partial charge in [0.1, 0.15) is 35.6 Å². The molecular weight excluding hydrogens is 522 g/mol. The Bertz CT molecular complexity index is 1700. The minimum Gasteiger partial charge on any atom is -0.249 e. The number of aromatic nitrogens is 4. The van der Waals surface area contributed by atoms with Crippen molar-refractivity contribution < 1.29 is 17.2 Å². The first-order chi connectivity index (χ1) is 18.5. The second-order valence-corrected chi connectivity index (χ2v) is 13.1. The molecule has 0 N–H and O–H groups in total. The number of sulfone groups is 1. The summed E-state index contributed by atoms with van der Waals surface area (Å²) in [6.45, 7) is 4.33. The highest BCUT2D eigenvalue weighted by Crippen LogP contribution is 2.63. The van der Waals surface area contributed by atoms with E-state index in [-0.39, 0.29) is 34.4 Å². The van der Waals surface area contributed by atoms with Crippen LogP contribution in [0.4, 0.5) is 8.78 Å². The molecule has 11 heteroatoms. The second kappa shape index (κ2) is 8.88. The minimum atomic E-state index is -3.36. The largest absolute Gasteiger partial charge is 0.249 e. The highest BCUT2D eigenvalue weighted by atomic mass is 32.2. The summed E-state index contributed by atoms with van der Waals surface area (Å²) in [5.41, 5.74) is 0.114. The molecule has 3 heterocycles. The Morgan fingerprint density at radius 1 is 1.10 bits per heavy atom. The fourth-order valence-corrected chi connectivity index (χ4v) is 7.22. The van der Waals surface area contributed by atoms with Gasteiger partial charge in [-0.05, 0) is 54.5 Å². The number of halogens is 2. The molecule has 1 saturated carbocycles. The Morgan fingerprint density at radius 2 is 1.85 bits per heavy atom. The molecule has 3 aromatic rings. The van der Waals surface area contributed by atoms with Crippen LogP contribution in [0.2, 0.25) is 0 Å². The lowest BCUT2D eigenvalue weighted by atomic mass is 9.58. The van der Waals surface area contributed by atoms with Gasteiger partial charge in [-0.15, -0.1) is 0 Å². The van der Waals surface area contributed by atoms with Crippen LogP contribution < -0.4 is 0 Å². The molecule has 0 amide bonds. The Morgan fingerprint density at radius 3 is 2.59 bits per heavy atom. The Labute approximate surface area is 225 Å². The number of nitrogens with zero attached hydrogens (tertiary/aromatic N) is 6. The maximum Gasteiger partial charge on any atom is 0.177 e. The van der Waals surface area contributed by atoms with Gasteiger partial charge < -0.3 is 0 Å². The molecule has 1 aromatic carbocycles. The van der Waals surface area contributed by atoms with E-state index in [4.69, 9.17) is 4.98 Å². The predicted octanol–water partition coefficient (Wildman–Crippen LogP) is 4.80. The van der Waals surface area contributed by atoms with E-state index in [2.05, 4.69) is 46.0 Å². The van der Waals surface area contributed by atoms with Gasteiger partial charge in [-0.3, -0.25) is 0 Å².